The molecule has 4 atom stereocenters. The molecule has 4 unspecified atom stereocenters. The maximum absolute atomic E-state index is 6.19. The Labute approximate surface area is 148 Å². The van der Waals surface area contributed by atoms with Gasteiger partial charge in [-0.25, -0.2) is 20.0 Å². The number of nitrogens with two attached hydrogens (primary N) is 1. The number of aromatic nitrogens is 4. The van der Waals surface area contributed by atoms with Crippen molar-refractivity contribution in [2.75, 3.05) is 19.5 Å². The zero-order chi connectivity index (χ0) is 18.0. The summed E-state index contributed by atoms with van der Waals surface area (Å²) in [5.74, 6) is 0.675. The lowest BCUT2D eigenvalue weighted by molar-refractivity contribution is -0.0255. The molecule has 3 rings (SSSR count). The molecule has 0 bridgehead atoms. The van der Waals surface area contributed by atoms with Crippen LogP contribution in [0.3, 0.4) is 0 Å². The minimum Gasteiger partial charge on any atom is -0.382 e. The molecule has 9 nitrogen and oxygen atoms in total. The van der Waals surface area contributed by atoms with Crippen molar-refractivity contribution in [2.24, 2.45) is 5.92 Å². The second-order valence-electron chi connectivity index (χ2n) is 6.46. The van der Waals surface area contributed by atoms with Crippen molar-refractivity contribution in [1.82, 2.24) is 24.6 Å². The topological polar surface area (TPSA) is 109 Å². The van der Waals surface area contributed by atoms with E-state index in [0.717, 1.165) is 6.42 Å². The lowest BCUT2D eigenvalue weighted by Gasteiger charge is -2.21. The van der Waals surface area contributed by atoms with E-state index in [1.807, 2.05) is 4.57 Å². The van der Waals surface area contributed by atoms with Gasteiger partial charge in [-0.05, 0) is 20.3 Å². The fourth-order valence-electron chi connectivity index (χ4n) is 2.93. The summed E-state index contributed by atoms with van der Waals surface area (Å²) in [7, 11) is 0.536. The van der Waals surface area contributed by atoms with Crippen LogP contribution in [-0.4, -0.2) is 45.4 Å². The number of fused-ring (bicyclic) bond motifs is 1. The molecular formula is C15H25N6O3P. The van der Waals surface area contributed by atoms with Gasteiger partial charge in [0.15, 0.2) is 11.5 Å². The van der Waals surface area contributed by atoms with Gasteiger partial charge in [-0.15, -0.1) is 0 Å². The summed E-state index contributed by atoms with van der Waals surface area (Å²) in [6, 6.07) is 0.296. The van der Waals surface area contributed by atoms with E-state index in [1.165, 1.54) is 6.33 Å². The molecule has 0 aromatic carbocycles. The molecule has 3 heterocycles. The van der Waals surface area contributed by atoms with Crippen molar-refractivity contribution in [3.63, 3.8) is 0 Å². The van der Waals surface area contributed by atoms with Crippen LogP contribution >= 0.6 is 8.53 Å². The minimum absolute atomic E-state index is 0.00857. The van der Waals surface area contributed by atoms with Crippen molar-refractivity contribution < 1.29 is 13.8 Å². The van der Waals surface area contributed by atoms with Crippen molar-refractivity contribution in [2.45, 2.75) is 45.6 Å². The van der Waals surface area contributed by atoms with Crippen LogP contribution in [0.25, 0.3) is 11.2 Å². The Morgan fingerprint density at radius 3 is 2.96 bits per heavy atom. The Morgan fingerprint density at radius 2 is 2.24 bits per heavy atom. The number of hydrogen-bond acceptors (Lipinski definition) is 8. The van der Waals surface area contributed by atoms with Crippen LogP contribution in [-0.2, 0) is 13.8 Å². The number of nitrogens with zero attached hydrogens (tertiary/aromatic N) is 4. The third-order valence-electron chi connectivity index (χ3n) is 4.02. The fourth-order valence-corrected chi connectivity index (χ4v) is 3.93. The summed E-state index contributed by atoms with van der Waals surface area (Å²) in [6.45, 7) is 6.73. The highest BCUT2D eigenvalue weighted by molar-refractivity contribution is 7.44. The van der Waals surface area contributed by atoms with E-state index in [1.54, 1.807) is 13.4 Å². The summed E-state index contributed by atoms with van der Waals surface area (Å²) in [4.78, 5) is 12.6. The Bertz CT molecular complexity index is 712. The number of nitrogen functional groups attached to an aromatic ring is 1. The molecule has 0 amide bonds. The van der Waals surface area contributed by atoms with Crippen LogP contribution in [0.2, 0.25) is 0 Å². The first kappa shape index (κ1) is 18.4. The largest absolute Gasteiger partial charge is 0.382 e. The van der Waals surface area contributed by atoms with Crippen LogP contribution in [0.15, 0.2) is 12.7 Å². The molecule has 0 saturated carbocycles. The zero-order valence-electron chi connectivity index (χ0n) is 14.9. The monoisotopic (exact) mass is 368 g/mol. The summed E-state index contributed by atoms with van der Waals surface area (Å²) in [5.41, 5.74) is 7.15. The molecule has 1 saturated heterocycles. The number of hydrogen-bond donors (Lipinski definition) is 2. The predicted molar refractivity (Wildman–Crippen MR) is 95.6 cm³/mol. The van der Waals surface area contributed by atoms with Crippen LogP contribution in [0.5, 0.6) is 0 Å². The van der Waals surface area contributed by atoms with Gasteiger partial charge in [-0.1, -0.05) is 6.92 Å². The van der Waals surface area contributed by atoms with Gasteiger partial charge in [0.05, 0.1) is 19.0 Å². The zero-order valence-corrected chi connectivity index (χ0v) is 15.8. The highest BCUT2D eigenvalue weighted by atomic mass is 31.2. The molecule has 1 aliphatic heterocycles. The van der Waals surface area contributed by atoms with E-state index in [0.29, 0.717) is 35.5 Å². The van der Waals surface area contributed by atoms with Crippen LogP contribution in [0, 0.1) is 5.92 Å². The van der Waals surface area contributed by atoms with Crippen molar-refractivity contribution >= 4 is 25.5 Å². The summed E-state index contributed by atoms with van der Waals surface area (Å²) in [5, 5.41) is 3.25. The molecule has 1 aliphatic rings. The second-order valence-corrected chi connectivity index (χ2v) is 7.86. The standard InChI is InChI=1S/C15H25N6O3P/c1-9(2)20-25(22-4)23-6-11-5-10(3)15(24-11)21-8-19-12-13(16)17-7-18-14(12)21/h7-11,15,20H,5-6H2,1-4H3,(H2,16,17,18). The molecule has 2 aromatic rings. The highest BCUT2D eigenvalue weighted by Gasteiger charge is 2.35. The third-order valence-corrected chi connectivity index (χ3v) is 5.46. The molecule has 0 spiro atoms. The lowest BCUT2D eigenvalue weighted by Crippen LogP contribution is -2.22. The Kier molecular flexibility index (Phi) is 5.81. The van der Waals surface area contributed by atoms with Gasteiger partial charge in [0.1, 0.15) is 18.1 Å². The normalized spacial score (nSPS) is 25.1. The van der Waals surface area contributed by atoms with Gasteiger partial charge in [0.25, 0.3) is 8.53 Å². The van der Waals surface area contributed by atoms with Crippen LogP contribution in [0.1, 0.15) is 33.4 Å². The van der Waals surface area contributed by atoms with Crippen LogP contribution in [0.4, 0.5) is 5.82 Å². The lowest BCUT2D eigenvalue weighted by atomic mass is 10.1. The van der Waals surface area contributed by atoms with E-state index < -0.39 is 8.53 Å². The predicted octanol–water partition coefficient (Wildman–Crippen LogP) is 2.22. The Morgan fingerprint density at radius 1 is 1.44 bits per heavy atom. The van der Waals surface area contributed by atoms with E-state index >= 15 is 0 Å². The summed E-state index contributed by atoms with van der Waals surface area (Å²) >= 11 is 0. The quantitative estimate of drug-likeness (QED) is 0.716. The van der Waals surface area contributed by atoms with Crippen molar-refractivity contribution in [3.8, 4) is 0 Å². The molecular weight excluding hydrogens is 343 g/mol. The third kappa shape index (κ3) is 4.07. The number of rotatable bonds is 7. The van der Waals surface area contributed by atoms with Gasteiger partial charge in [0.2, 0.25) is 0 Å². The van der Waals surface area contributed by atoms with Gasteiger partial charge in [-0.3, -0.25) is 4.57 Å². The van der Waals surface area contributed by atoms with E-state index in [9.17, 15) is 0 Å². The summed E-state index contributed by atoms with van der Waals surface area (Å²) in [6.07, 6.45) is 3.88. The minimum atomic E-state index is -1.11. The van der Waals surface area contributed by atoms with Gasteiger partial charge < -0.3 is 19.5 Å². The molecule has 10 heteroatoms. The van der Waals surface area contributed by atoms with Crippen LogP contribution < -0.4 is 10.8 Å². The first-order valence-corrected chi connectivity index (χ1v) is 9.49. The molecule has 3 N–H and O–H groups in total. The first-order chi connectivity index (χ1) is 12.0. The molecule has 25 heavy (non-hydrogen) atoms. The van der Waals surface area contributed by atoms with E-state index in [2.05, 4.69) is 40.8 Å². The van der Waals surface area contributed by atoms with Gasteiger partial charge in [0, 0.05) is 19.1 Å². The number of imidazole rings is 1. The van der Waals surface area contributed by atoms with E-state index in [4.69, 9.17) is 19.5 Å². The van der Waals surface area contributed by atoms with Gasteiger partial charge in [-0.2, -0.15) is 0 Å². The fraction of sp³-hybridized carbons (Fsp3) is 0.667. The molecule has 0 aliphatic carbocycles. The SMILES string of the molecule is COP(NC(C)C)OCC1CC(C)C(n2cnc3c(N)ncnc32)O1. The molecule has 138 valence electrons. The Balaban J connectivity index is 1.66. The smallest absolute Gasteiger partial charge is 0.255 e. The van der Waals surface area contributed by atoms with Crippen molar-refractivity contribution in [1.29, 1.82) is 0 Å². The van der Waals surface area contributed by atoms with E-state index in [-0.39, 0.29) is 12.3 Å². The number of ether oxygens (including phenoxy) is 1. The average molecular weight is 368 g/mol. The number of nitrogens with one attached hydrogen (secondary N) is 1. The average Bonchev–Trinajstić information content (AvgIpc) is 3.15. The maximum Gasteiger partial charge on any atom is 0.255 e. The first-order valence-electron chi connectivity index (χ1n) is 8.31. The summed E-state index contributed by atoms with van der Waals surface area (Å²) < 4.78 is 19.3. The molecule has 0 radical (unpaired) electrons. The number of anilines is 1. The van der Waals surface area contributed by atoms with Gasteiger partial charge >= 0.3 is 0 Å². The Hall–Kier alpha value is -1.38. The maximum atomic E-state index is 6.19. The second kappa shape index (κ2) is 7.88. The highest BCUT2D eigenvalue weighted by Crippen LogP contribution is 2.39. The van der Waals surface area contributed by atoms with Crippen molar-refractivity contribution in [3.05, 3.63) is 12.7 Å². The molecule has 2 aromatic heterocycles. The molecule has 1 fully saturated rings.